The zero-order valence-corrected chi connectivity index (χ0v) is 20.7. The smallest absolute Gasteiger partial charge is 0.335 e. The molecule has 186 valence electrons. The molecule has 0 spiro atoms. The first-order valence-electron chi connectivity index (χ1n) is 11.9. The number of halogens is 1. The zero-order chi connectivity index (χ0) is 25.7. The van der Waals surface area contributed by atoms with Crippen molar-refractivity contribution in [3.63, 3.8) is 0 Å². The molecule has 1 aromatic heterocycles. The molecule has 1 fully saturated rings. The van der Waals surface area contributed by atoms with Crippen LogP contribution in [0.25, 0.3) is 11.3 Å². The number of hydrogen-bond donors (Lipinski definition) is 1. The number of carboxylic acid groups (broad SMARTS) is 1. The van der Waals surface area contributed by atoms with Gasteiger partial charge in [-0.2, -0.15) is 0 Å². The van der Waals surface area contributed by atoms with Crippen molar-refractivity contribution in [1.82, 2.24) is 5.16 Å². The first kappa shape index (κ1) is 23.3. The Kier molecular flexibility index (Phi) is 5.72. The summed E-state index contributed by atoms with van der Waals surface area (Å²) in [5.74, 6) is 0.764. The van der Waals surface area contributed by atoms with Crippen LogP contribution in [0.4, 0.5) is 0 Å². The van der Waals surface area contributed by atoms with Crippen molar-refractivity contribution in [2.45, 2.75) is 38.9 Å². The van der Waals surface area contributed by atoms with E-state index in [1.165, 1.54) is 18.2 Å². The average Bonchev–Trinajstić information content (AvgIpc) is 3.67. The highest BCUT2D eigenvalue weighted by molar-refractivity contribution is 6.33. The summed E-state index contributed by atoms with van der Waals surface area (Å²) in [5.41, 5.74) is 4.81. The number of ketones is 1. The van der Waals surface area contributed by atoms with Gasteiger partial charge >= 0.3 is 5.97 Å². The summed E-state index contributed by atoms with van der Waals surface area (Å²) in [7, 11) is 0. The summed E-state index contributed by atoms with van der Waals surface area (Å²) >= 11 is 6.53. The van der Waals surface area contributed by atoms with E-state index in [9.17, 15) is 14.7 Å². The molecule has 0 saturated heterocycles. The van der Waals surface area contributed by atoms with Gasteiger partial charge in [-0.3, -0.25) is 4.79 Å². The second-order valence-electron chi connectivity index (χ2n) is 9.32. The number of aromatic carboxylic acids is 1. The SMILES string of the molecule is Cc1cccc(Cl)c1-c1noc(C2CC2)c1COc1ccc2c(c1)OCc1cc(C(=O)O)ccc1C2=O. The van der Waals surface area contributed by atoms with Crippen molar-refractivity contribution in [3.8, 4) is 22.8 Å². The van der Waals surface area contributed by atoms with Gasteiger partial charge in [0.15, 0.2) is 5.78 Å². The predicted molar refractivity (Wildman–Crippen MR) is 136 cm³/mol. The molecular weight excluding hydrogens is 494 g/mol. The minimum atomic E-state index is -1.06. The van der Waals surface area contributed by atoms with Gasteiger partial charge in [-0.15, -0.1) is 0 Å². The van der Waals surface area contributed by atoms with Crippen LogP contribution >= 0.6 is 11.6 Å². The fraction of sp³-hybridized carbons (Fsp3) is 0.207. The third-order valence-corrected chi connectivity index (χ3v) is 7.10. The molecule has 8 heteroatoms. The van der Waals surface area contributed by atoms with Crippen LogP contribution in [0, 0.1) is 6.92 Å². The molecule has 2 aliphatic rings. The third kappa shape index (κ3) is 4.25. The Bertz CT molecular complexity index is 1550. The summed E-state index contributed by atoms with van der Waals surface area (Å²) in [6.07, 6.45) is 2.09. The van der Waals surface area contributed by atoms with Crippen molar-refractivity contribution < 1.29 is 28.7 Å². The second kappa shape index (κ2) is 9.09. The molecule has 0 radical (unpaired) electrons. The molecule has 1 saturated carbocycles. The minimum absolute atomic E-state index is 0.0755. The van der Waals surface area contributed by atoms with Crippen LogP contribution < -0.4 is 9.47 Å². The molecule has 4 aromatic rings. The van der Waals surface area contributed by atoms with Crippen molar-refractivity contribution in [3.05, 3.63) is 98.8 Å². The van der Waals surface area contributed by atoms with E-state index >= 15 is 0 Å². The van der Waals surface area contributed by atoms with E-state index in [0.717, 1.165) is 35.3 Å². The summed E-state index contributed by atoms with van der Waals surface area (Å²) in [5, 5.41) is 14.3. The Labute approximate surface area is 217 Å². The van der Waals surface area contributed by atoms with Crippen LogP contribution in [0.3, 0.4) is 0 Å². The Balaban J connectivity index is 1.29. The molecule has 1 aliphatic heterocycles. The number of benzene rings is 3. The highest BCUT2D eigenvalue weighted by atomic mass is 35.5. The number of carbonyl (C=O) groups excluding carboxylic acids is 1. The quantitative estimate of drug-likeness (QED) is 0.309. The number of fused-ring (bicyclic) bond motifs is 2. The molecule has 0 atom stereocenters. The molecule has 0 amide bonds. The Morgan fingerprint density at radius 3 is 2.70 bits per heavy atom. The standard InChI is InChI=1S/C29H22ClNO6/c1-15-3-2-4-23(30)25(15)26-22(28(37-31-26)16-5-6-16)14-35-19-8-10-21-24(12-19)36-13-18-11-17(29(33)34)7-9-20(18)27(21)32/h2-4,7-12,16H,5-6,13-14H2,1H3,(H,33,34). The van der Waals surface area contributed by atoms with Crippen LogP contribution in [0.5, 0.6) is 11.5 Å². The van der Waals surface area contributed by atoms with Gasteiger partial charge in [-0.1, -0.05) is 28.9 Å². The maximum atomic E-state index is 13.2. The van der Waals surface area contributed by atoms with E-state index < -0.39 is 5.97 Å². The lowest BCUT2D eigenvalue weighted by atomic mass is 9.97. The number of carbonyl (C=O) groups is 2. The molecule has 1 N–H and O–H groups in total. The maximum Gasteiger partial charge on any atom is 0.335 e. The number of aromatic nitrogens is 1. The fourth-order valence-electron chi connectivity index (χ4n) is 4.68. The largest absolute Gasteiger partial charge is 0.489 e. The molecule has 37 heavy (non-hydrogen) atoms. The number of rotatable bonds is 6. The third-order valence-electron chi connectivity index (χ3n) is 6.79. The molecule has 7 nitrogen and oxygen atoms in total. The average molecular weight is 516 g/mol. The lowest BCUT2D eigenvalue weighted by molar-refractivity contribution is 0.0696. The zero-order valence-electron chi connectivity index (χ0n) is 19.9. The van der Waals surface area contributed by atoms with Gasteiger partial charge in [0, 0.05) is 28.7 Å². The monoisotopic (exact) mass is 515 g/mol. The van der Waals surface area contributed by atoms with Crippen LogP contribution in [0.15, 0.2) is 59.1 Å². The van der Waals surface area contributed by atoms with E-state index in [2.05, 4.69) is 5.16 Å². The van der Waals surface area contributed by atoms with E-state index in [0.29, 0.717) is 44.8 Å². The van der Waals surface area contributed by atoms with Crippen molar-refractivity contribution in [2.75, 3.05) is 0 Å². The topological polar surface area (TPSA) is 98.9 Å². The van der Waals surface area contributed by atoms with Gasteiger partial charge in [-0.25, -0.2) is 4.79 Å². The Morgan fingerprint density at radius 1 is 1.14 bits per heavy atom. The number of nitrogens with zero attached hydrogens (tertiary/aromatic N) is 1. The second-order valence-corrected chi connectivity index (χ2v) is 9.73. The number of hydrogen-bond acceptors (Lipinski definition) is 6. The van der Waals surface area contributed by atoms with E-state index in [1.54, 1.807) is 18.2 Å². The van der Waals surface area contributed by atoms with Gasteiger partial charge in [0.1, 0.15) is 36.2 Å². The summed E-state index contributed by atoms with van der Waals surface area (Å²) in [6.45, 7) is 2.27. The minimum Gasteiger partial charge on any atom is -0.489 e. The van der Waals surface area contributed by atoms with Crippen LogP contribution in [0.1, 0.15) is 67.5 Å². The van der Waals surface area contributed by atoms with Gasteiger partial charge in [-0.05, 0) is 61.7 Å². The maximum absolute atomic E-state index is 13.2. The molecule has 0 unspecified atom stereocenters. The highest BCUT2D eigenvalue weighted by Crippen LogP contribution is 2.45. The van der Waals surface area contributed by atoms with Crippen LogP contribution in [0.2, 0.25) is 5.02 Å². The number of ether oxygens (including phenoxy) is 2. The highest BCUT2D eigenvalue weighted by Gasteiger charge is 2.33. The predicted octanol–water partition coefficient (Wildman–Crippen LogP) is 6.58. The summed E-state index contributed by atoms with van der Waals surface area (Å²) in [4.78, 5) is 24.5. The number of carboxylic acids is 1. The lowest BCUT2D eigenvalue weighted by Crippen LogP contribution is -2.06. The first-order valence-corrected chi connectivity index (χ1v) is 12.3. The molecule has 1 aliphatic carbocycles. The normalized spacial score (nSPS) is 14.4. The lowest BCUT2D eigenvalue weighted by Gasteiger charge is -2.12. The van der Waals surface area contributed by atoms with E-state index in [-0.39, 0.29) is 24.6 Å². The van der Waals surface area contributed by atoms with Crippen molar-refractivity contribution in [1.29, 1.82) is 0 Å². The molecule has 0 bridgehead atoms. The van der Waals surface area contributed by atoms with E-state index in [4.69, 9.17) is 25.6 Å². The molecule has 2 heterocycles. The van der Waals surface area contributed by atoms with Gasteiger partial charge in [0.25, 0.3) is 0 Å². The first-order chi connectivity index (χ1) is 17.9. The van der Waals surface area contributed by atoms with Gasteiger partial charge in [0.2, 0.25) is 0 Å². The van der Waals surface area contributed by atoms with Crippen LogP contribution in [-0.4, -0.2) is 22.0 Å². The Morgan fingerprint density at radius 2 is 1.95 bits per heavy atom. The number of aryl methyl sites for hydroxylation is 1. The molecule has 6 rings (SSSR count). The van der Waals surface area contributed by atoms with Crippen molar-refractivity contribution in [2.24, 2.45) is 0 Å². The van der Waals surface area contributed by atoms with Crippen LogP contribution in [-0.2, 0) is 13.2 Å². The molecule has 3 aromatic carbocycles. The van der Waals surface area contributed by atoms with Gasteiger partial charge < -0.3 is 19.1 Å². The fourth-order valence-corrected chi connectivity index (χ4v) is 4.99. The summed E-state index contributed by atoms with van der Waals surface area (Å²) < 4.78 is 17.8. The van der Waals surface area contributed by atoms with Gasteiger partial charge in [0.05, 0.1) is 21.7 Å². The summed E-state index contributed by atoms with van der Waals surface area (Å²) in [6, 6.07) is 15.2. The van der Waals surface area contributed by atoms with Crippen molar-refractivity contribution >= 4 is 23.4 Å². The Hall–Kier alpha value is -4.10. The molecular formula is C29H22ClNO6. The van der Waals surface area contributed by atoms with E-state index in [1.807, 2.05) is 25.1 Å².